The van der Waals surface area contributed by atoms with Gasteiger partial charge in [0.1, 0.15) is 22.2 Å². The van der Waals surface area contributed by atoms with E-state index in [4.69, 9.17) is 8.92 Å². The number of carbonyl (C=O) groups is 1. The number of benzene rings is 3. The maximum atomic E-state index is 13.1. The van der Waals surface area contributed by atoms with Gasteiger partial charge in [-0.1, -0.05) is 12.1 Å². The van der Waals surface area contributed by atoms with Crippen molar-refractivity contribution in [3.05, 3.63) is 94.3 Å². The lowest BCUT2D eigenvalue weighted by Gasteiger charge is -2.08. The van der Waals surface area contributed by atoms with Crippen LogP contribution in [0.25, 0.3) is 0 Å². The minimum Gasteiger partial charge on any atom is -0.423 e. The molecule has 0 aromatic heterocycles. The summed E-state index contributed by atoms with van der Waals surface area (Å²) in [5.74, 6) is -1.43. The van der Waals surface area contributed by atoms with E-state index in [1.54, 1.807) is 0 Å². The van der Waals surface area contributed by atoms with Gasteiger partial charge in [0, 0.05) is 18.2 Å². The summed E-state index contributed by atoms with van der Waals surface area (Å²) in [7, 11) is -4.32. The smallest absolute Gasteiger partial charge is 0.343 e. The molecule has 3 aromatic carbocycles. The zero-order valence-electron chi connectivity index (χ0n) is 14.5. The summed E-state index contributed by atoms with van der Waals surface area (Å²) < 4.78 is 47.7. The summed E-state index contributed by atoms with van der Waals surface area (Å²) in [6.07, 6.45) is 0. The van der Waals surface area contributed by atoms with Crippen LogP contribution in [0.5, 0.6) is 11.5 Å². The highest BCUT2D eigenvalue weighted by atomic mass is 32.2. The van der Waals surface area contributed by atoms with E-state index in [2.05, 4.69) is 0 Å². The average molecular weight is 417 g/mol. The minimum absolute atomic E-state index is 0.0172. The van der Waals surface area contributed by atoms with E-state index in [9.17, 15) is 27.7 Å². The SMILES string of the molecule is O=C(Oc1cccc(F)c1)c1ccc(OS(=O)(=O)c2cccc([N+](=O)[O-])c2)cc1. The number of nitrogens with zero attached hydrogens (tertiary/aromatic N) is 1. The molecule has 0 aliphatic carbocycles. The first-order chi connectivity index (χ1) is 13.7. The molecule has 29 heavy (non-hydrogen) atoms. The van der Waals surface area contributed by atoms with E-state index in [0.29, 0.717) is 0 Å². The molecule has 0 aliphatic rings. The van der Waals surface area contributed by atoms with Crippen molar-refractivity contribution in [2.75, 3.05) is 0 Å². The molecule has 0 N–H and O–H groups in total. The van der Waals surface area contributed by atoms with Gasteiger partial charge in [0.05, 0.1) is 10.5 Å². The molecule has 0 aliphatic heterocycles. The van der Waals surface area contributed by atoms with E-state index < -0.39 is 32.5 Å². The molecule has 0 heterocycles. The molecule has 3 aromatic rings. The van der Waals surface area contributed by atoms with Gasteiger partial charge in [-0.25, -0.2) is 9.18 Å². The first-order valence-corrected chi connectivity index (χ1v) is 9.42. The number of nitro benzene ring substituents is 1. The Hall–Kier alpha value is -3.79. The molecule has 0 saturated carbocycles. The van der Waals surface area contributed by atoms with Crippen molar-refractivity contribution in [2.24, 2.45) is 0 Å². The van der Waals surface area contributed by atoms with Gasteiger partial charge in [-0.3, -0.25) is 10.1 Å². The molecule has 10 heteroatoms. The maximum absolute atomic E-state index is 13.1. The number of non-ortho nitro benzene ring substituents is 1. The predicted molar refractivity (Wildman–Crippen MR) is 98.7 cm³/mol. The zero-order chi connectivity index (χ0) is 21.0. The highest BCUT2D eigenvalue weighted by molar-refractivity contribution is 7.87. The Kier molecular flexibility index (Phi) is 5.55. The molecule has 0 radical (unpaired) electrons. The van der Waals surface area contributed by atoms with E-state index in [-0.39, 0.29) is 22.0 Å². The average Bonchev–Trinajstić information content (AvgIpc) is 2.68. The van der Waals surface area contributed by atoms with Crippen molar-refractivity contribution < 1.29 is 31.4 Å². The van der Waals surface area contributed by atoms with Crippen LogP contribution in [0, 0.1) is 15.9 Å². The van der Waals surface area contributed by atoms with Crippen LogP contribution < -0.4 is 8.92 Å². The normalized spacial score (nSPS) is 10.9. The van der Waals surface area contributed by atoms with Crippen molar-refractivity contribution in [1.29, 1.82) is 0 Å². The Balaban J connectivity index is 1.73. The van der Waals surface area contributed by atoms with Crippen molar-refractivity contribution >= 4 is 21.8 Å². The summed E-state index contributed by atoms with van der Waals surface area (Å²) in [5, 5.41) is 10.8. The Morgan fingerprint density at radius 2 is 1.62 bits per heavy atom. The number of ether oxygens (including phenoxy) is 1. The Morgan fingerprint density at radius 1 is 0.931 bits per heavy atom. The molecule has 148 valence electrons. The van der Waals surface area contributed by atoms with Crippen LogP contribution >= 0.6 is 0 Å². The highest BCUT2D eigenvalue weighted by Crippen LogP contribution is 2.23. The Labute approximate surface area is 164 Å². The number of carbonyl (C=O) groups excluding carboxylic acids is 1. The summed E-state index contributed by atoms with van der Waals surface area (Å²) in [5.41, 5.74) is -0.320. The lowest BCUT2D eigenvalue weighted by Crippen LogP contribution is -2.11. The van der Waals surface area contributed by atoms with E-state index in [0.717, 1.165) is 24.3 Å². The van der Waals surface area contributed by atoms with Gasteiger partial charge >= 0.3 is 16.1 Å². The number of rotatable bonds is 6. The van der Waals surface area contributed by atoms with Crippen LogP contribution in [0.3, 0.4) is 0 Å². The molecular weight excluding hydrogens is 405 g/mol. The molecule has 0 unspecified atom stereocenters. The fraction of sp³-hybridized carbons (Fsp3) is 0. The fourth-order valence-electron chi connectivity index (χ4n) is 2.27. The second-order valence-electron chi connectivity index (χ2n) is 5.66. The van der Waals surface area contributed by atoms with Crippen LogP contribution in [-0.2, 0) is 10.1 Å². The molecule has 0 fully saturated rings. The van der Waals surface area contributed by atoms with Gasteiger partial charge in [-0.15, -0.1) is 0 Å². The Bertz CT molecular complexity index is 1180. The second-order valence-corrected chi connectivity index (χ2v) is 7.21. The quantitative estimate of drug-likeness (QED) is 0.197. The molecular formula is C19H12FNO7S. The van der Waals surface area contributed by atoms with E-state index in [1.807, 2.05) is 0 Å². The number of hydrogen-bond donors (Lipinski definition) is 0. The van der Waals surface area contributed by atoms with Crippen LogP contribution in [0.2, 0.25) is 0 Å². The third-order valence-electron chi connectivity index (χ3n) is 3.62. The molecule has 8 nitrogen and oxygen atoms in total. The van der Waals surface area contributed by atoms with Crippen LogP contribution in [0.15, 0.2) is 77.7 Å². The molecule has 0 saturated heterocycles. The summed E-state index contributed by atoms with van der Waals surface area (Å²) in [6.45, 7) is 0. The first kappa shape index (κ1) is 20.0. The number of halogens is 1. The molecule has 0 spiro atoms. The second kappa shape index (κ2) is 8.07. The van der Waals surface area contributed by atoms with Crippen LogP contribution in [0.4, 0.5) is 10.1 Å². The van der Waals surface area contributed by atoms with Gasteiger partial charge in [0.25, 0.3) is 5.69 Å². The number of hydrogen-bond acceptors (Lipinski definition) is 7. The zero-order valence-corrected chi connectivity index (χ0v) is 15.3. The number of nitro groups is 1. The van der Waals surface area contributed by atoms with Gasteiger partial charge in [0.2, 0.25) is 0 Å². The van der Waals surface area contributed by atoms with E-state index >= 15 is 0 Å². The fourth-order valence-corrected chi connectivity index (χ4v) is 3.24. The monoisotopic (exact) mass is 417 g/mol. The van der Waals surface area contributed by atoms with Crippen molar-refractivity contribution in [3.63, 3.8) is 0 Å². The minimum atomic E-state index is -4.32. The summed E-state index contributed by atoms with van der Waals surface area (Å²) in [6, 6.07) is 14.4. The maximum Gasteiger partial charge on any atom is 0.343 e. The van der Waals surface area contributed by atoms with Gasteiger partial charge in [-0.2, -0.15) is 8.42 Å². The van der Waals surface area contributed by atoms with Gasteiger partial charge in [-0.05, 0) is 42.5 Å². The summed E-state index contributed by atoms with van der Waals surface area (Å²) >= 11 is 0. The van der Waals surface area contributed by atoms with Crippen molar-refractivity contribution in [3.8, 4) is 11.5 Å². The molecule has 0 atom stereocenters. The largest absolute Gasteiger partial charge is 0.423 e. The first-order valence-electron chi connectivity index (χ1n) is 8.01. The highest BCUT2D eigenvalue weighted by Gasteiger charge is 2.20. The number of esters is 1. The predicted octanol–water partition coefficient (Wildman–Crippen LogP) is 3.72. The molecule has 0 amide bonds. The summed E-state index contributed by atoms with van der Waals surface area (Å²) in [4.78, 5) is 21.8. The van der Waals surface area contributed by atoms with E-state index in [1.165, 1.54) is 48.5 Å². The Morgan fingerprint density at radius 3 is 2.28 bits per heavy atom. The van der Waals surface area contributed by atoms with Crippen LogP contribution in [0.1, 0.15) is 10.4 Å². The molecule has 0 bridgehead atoms. The van der Waals surface area contributed by atoms with Gasteiger partial charge < -0.3 is 8.92 Å². The topological polar surface area (TPSA) is 113 Å². The third-order valence-corrected chi connectivity index (χ3v) is 4.86. The standard InChI is InChI=1S/C19H12FNO7S/c20-14-3-1-5-17(11-14)27-19(22)13-7-9-16(10-8-13)28-29(25,26)18-6-2-4-15(12-18)21(23)24/h1-12H. The van der Waals surface area contributed by atoms with Crippen molar-refractivity contribution in [2.45, 2.75) is 4.90 Å². The van der Waals surface area contributed by atoms with Crippen LogP contribution in [-0.4, -0.2) is 19.3 Å². The lowest BCUT2D eigenvalue weighted by molar-refractivity contribution is -0.385. The molecule has 3 rings (SSSR count). The van der Waals surface area contributed by atoms with Crippen molar-refractivity contribution in [1.82, 2.24) is 0 Å². The van der Waals surface area contributed by atoms with Gasteiger partial charge in [0.15, 0.2) is 0 Å². The third kappa shape index (κ3) is 4.93. The lowest BCUT2D eigenvalue weighted by atomic mass is 10.2.